The van der Waals surface area contributed by atoms with Crippen molar-refractivity contribution in [1.82, 2.24) is 4.90 Å². The smallest absolute Gasteiger partial charge is 0.410 e. The Morgan fingerprint density at radius 1 is 1.20 bits per heavy atom. The summed E-state index contributed by atoms with van der Waals surface area (Å²) in [7, 11) is 0. The number of hydrogen-bond donors (Lipinski definition) is 1. The van der Waals surface area contributed by atoms with E-state index in [1.807, 2.05) is 20.8 Å². The van der Waals surface area contributed by atoms with Crippen LogP contribution in [0.3, 0.4) is 0 Å². The van der Waals surface area contributed by atoms with E-state index in [1.54, 1.807) is 4.90 Å². The predicted molar refractivity (Wildman–Crippen MR) is 96.4 cm³/mol. The minimum atomic E-state index is -0.470. The Hall–Kier alpha value is -0.810. The molecule has 0 aromatic rings. The highest BCUT2D eigenvalue weighted by Crippen LogP contribution is 2.43. The van der Waals surface area contributed by atoms with Crippen LogP contribution in [0, 0.1) is 11.8 Å². The van der Waals surface area contributed by atoms with Crippen molar-refractivity contribution in [3.05, 3.63) is 0 Å². The molecule has 3 unspecified atom stereocenters. The molecule has 1 spiro atoms. The maximum absolute atomic E-state index is 12.2. The van der Waals surface area contributed by atoms with Gasteiger partial charge in [0.25, 0.3) is 0 Å². The lowest BCUT2D eigenvalue weighted by molar-refractivity contribution is -0.138. The van der Waals surface area contributed by atoms with E-state index in [0.29, 0.717) is 19.0 Å². The molecule has 5 heteroatoms. The van der Waals surface area contributed by atoms with E-state index in [2.05, 4.69) is 0 Å². The van der Waals surface area contributed by atoms with Crippen LogP contribution in [0.15, 0.2) is 0 Å². The molecule has 0 bridgehead atoms. The number of nitrogens with zero attached hydrogens (tertiary/aromatic N) is 1. The van der Waals surface area contributed by atoms with Crippen LogP contribution in [0.1, 0.15) is 72.1 Å². The number of aliphatic hydroxyl groups is 1. The molecule has 25 heavy (non-hydrogen) atoms. The van der Waals surface area contributed by atoms with E-state index in [4.69, 9.17) is 9.47 Å². The fraction of sp³-hybridized carbons (Fsp3) is 0.950. The van der Waals surface area contributed by atoms with E-state index >= 15 is 0 Å². The lowest BCUT2D eigenvalue weighted by Gasteiger charge is -2.45. The highest BCUT2D eigenvalue weighted by atomic mass is 16.6. The number of carbonyl (C=O) groups is 1. The number of aliphatic hydroxyl groups excluding tert-OH is 1. The van der Waals surface area contributed by atoms with Gasteiger partial charge in [0.1, 0.15) is 5.60 Å². The number of likely N-dealkylation sites (tertiary alicyclic amines) is 1. The average molecular weight is 354 g/mol. The maximum atomic E-state index is 12.2. The molecule has 5 nitrogen and oxygen atoms in total. The molecule has 3 aliphatic rings. The summed E-state index contributed by atoms with van der Waals surface area (Å²) in [6.07, 6.45) is 8.29. The lowest BCUT2D eigenvalue weighted by atomic mass is 9.73. The molecule has 1 saturated carbocycles. The number of hydrogen-bond acceptors (Lipinski definition) is 4. The van der Waals surface area contributed by atoms with Crippen molar-refractivity contribution >= 4 is 6.09 Å². The zero-order valence-electron chi connectivity index (χ0n) is 16.1. The van der Waals surface area contributed by atoms with Crippen LogP contribution in [0.5, 0.6) is 0 Å². The SMILES string of the molecule is CC(C)(C)OC(=O)N1CCC(C(O)C2CCOC3(CCCCC3)C2)C1. The first-order valence-corrected chi connectivity index (χ1v) is 10.1. The summed E-state index contributed by atoms with van der Waals surface area (Å²) in [5.74, 6) is 0.465. The molecule has 3 atom stereocenters. The van der Waals surface area contributed by atoms with Gasteiger partial charge < -0.3 is 19.5 Å². The summed E-state index contributed by atoms with van der Waals surface area (Å²) in [6, 6.07) is 0. The predicted octanol–water partition coefficient (Wildman–Crippen LogP) is 3.73. The second-order valence-electron chi connectivity index (χ2n) is 9.31. The van der Waals surface area contributed by atoms with Crippen LogP contribution in [-0.4, -0.2) is 53.1 Å². The van der Waals surface area contributed by atoms with Gasteiger partial charge in [0, 0.05) is 25.6 Å². The molecule has 144 valence electrons. The fourth-order valence-electron chi connectivity index (χ4n) is 4.84. The second kappa shape index (κ2) is 7.43. The largest absolute Gasteiger partial charge is 0.444 e. The summed E-state index contributed by atoms with van der Waals surface area (Å²) in [5, 5.41) is 11.0. The van der Waals surface area contributed by atoms with Gasteiger partial charge in [0.15, 0.2) is 0 Å². The topological polar surface area (TPSA) is 59.0 Å². The van der Waals surface area contributed by atoms with E-state index in [9.17, 15) is 9.90 Å². The Bertz CT molecular complexity index is 461. The van der Waals surface area contributed by atoms with Crippen molar-refractivity contribution in [1.29, 1.82) is 0 Å². The van der Waals surface area contributed by atoms with Gasteiger partial charge in [0.05, 0.1) is 11.7 Å². The van der Waals surface area contributed by atoms with Crippen molar-refractivity contribution in [2.75, 3.05) is 19.7 Å². The monoisotopic (exact) mass is 353 g/mol. The molecule has 2 aliphatic heterocycles. The van der Waals surface area contributed by atoms with Gasteiger partial charge in [0.2, 0.25) is 0 Å². The first-order valence-electron chi connectivity index (χ1n) is 10.1. The molecule has 2 saturated heterocycles. The van der Waals surface area contributed by atoms with E-state index < -0.39 is 5.60 Å². The zero-order chi connectivity index (χ0) is 18.1. The normalized spacial score (nSPS) is 31.1. The lowest BCUT2D eigenvalue weighted by Crippen LogP contribution is -2.46. The third kappa shape index (κ3) is 4.68. The minimum Gasteiger partial charge on any atom is -0.444 e. The van der Waals surface area contributed by atoms with Gasteiger partial charge in [-0.25, -0.2) is 4.79 Å². The fourth-order valence-corrected chi connectivity index (χ4v) is 4.84. The van der Waals surface area contributed by atoms with E-state index in [1.165, 1.54) is 19.3 Å². The van der Waals surface area contributed by atoms with E-state index in [-0.39, 0.29) is 23.7 Å². The van der Waals surface area contributed by atoms with Crippen LogP contribution in [0.25, 0.3) is 0 Å². The third-order valence-corrected chi connectivity index (χ3v) is 6.14. The van der Waals surface area contributed by atoms with Crippen molar-refractivity contribution in [2.45, 2.75) is 89.4 Å². The molecule has 3 fully saturated rings. The minimum absolute atomic E-state index is 0.0194. The van der Waals surface area contributed by atoms with Crippen LogP contribution >= 0.6 is 0 Å². The number of ether oxygens (including phenoxy) is 2. The number of rotatable bonds is 2. The van der Waals surface area contributed by atoms with Gasteiger partial charge in [-0.1, -0.05) is 19.3 Å². The van der Waals surface area contributed by atoms with Crippen molar-refractivity contribution in [3.8, 4) is 0 Å². The Balaban J connectivity index is 1.54. The highest BCUT2D eigenvalue weighted by Gasteiger charge is 2.43. The Kier molecular flexibility index (Phi) is 5.64. The average Bonchev–Trinajstić information content (AvgIpc) is 3.03. The first-order chi connectivity index (χ1) is 11.8. The molecule has 3 rings (SSSR count). The molecule has 2 heterocycles. The highest BCUT2D eigenvalue weighted by molar-refractivity contribution is 5.68. The maximum Gasteiger partial charge on any atom is 0.410 e. The third-order valence-electron chi connectivity index (χ3n) is 6.14. The Labute approximate surface area is 152 Å². The van der Waals surface area contributed by atoms with Crippen molar-refractivity contribution < 1.29 is 19.4 Å². The quantitative estimate of drug-likeness (QED) is 0.822. The molecule has 1 N–H and O–H groups in total. The Morgan fingerprint density at radius 2 is 1.92 bits per heavy atom. The van der Waals surface area contributed by atoms with Crippen LogP contribution in [0.4, 0.5) is 4.79 Å². The van der Waals surface area contributed by atoms with Gasteiger partial charge in [-0.05, 0) is 58.8 Å². The van der Waals surface area contributed by atoms with Crippen LogP contribution in [-0.2, 0) is 9.47 Å². The summed E-state index contributed by atoms with van der Waals surface area (Å²) >= 11 is 0. The van der Waals surface area contributed by atoms with E-state index in [0.717, 1.165) is 38.7 Å². The van der Waals surface area contributed by atoms with Gasteiger partial charge in [-0.15, -0.1) is 0 Å². The van der Waals surface area contributed by atoms with Crippen molar-refractivity contribution in [3.63, 3.8) is 0 Å². The second-order valence-corrected chi connectivity index (χ2v) is 9.31. The summed E-state index contributed by atoms with van der Waals surface area (Å²) < 4.78 is 11.6. The molecule has 1 amide bonds. The van der Waals surface area contributed by atoms with Crippen LogP contribution in [0.2, 0.25) is 0 Å². The molecule has 0 aromatic heterocycles. The van der Waals surface area contributed by atoms with Gasteiger partial charge >= 0.3 is 6.09 Å². The summed E-state index contributed by atoms with van der Waals surface area (Å²) in [6.45, 7) is 7.73. The Morgan fingerprint density at radius 3 is 2.60 bits per heavy atom. The zero-order valence-corrected chi connectivity index (χ0v) is 16.1. The molecule has 0 radical (unpaired) electrons. The van der Waals surface area contributed by atoms with Gasteiger partial charge in [-0.2, -0.15) is 0 Å². The number of carbonyl (C=O) groups excluding carboxylic acids is 1. The molecular weight excluding hydrogens is 318 g/mol. The van der Waals surface area contributed by atoms with Gasteiger partial charge in [-0.3, -0.25) is 0 Å². The van der Waals surface area contributed by atoms with Crippen molar-refractivity contribution in [2.24, 2.45) is 11.8 Å². The molecule has 1 aliphatic carbocycles. The molecule has 0 aromatic carbocycles. The standard InChI is InChI=1S/C20H35NO4/c1-19(2,3)25-18(23)21-11-7-16(14-21)17(22)15-8-12-24-20(13-15)9-5-4-6-10-20/h15-17,22H,4-14H2,1-3H3. The molecular formula is C20H35NO4. The summed E-state index contributed by atoms with van der Waals surface area (Å²) in [4.78, 5) is 14.0. The summed E-state index contributed by atoms with van der Waals surface area (Å²) in [5.41, 5.74) is -0.451. The first kappa shape index (κ1) is 19.0. The van der Waals surface area contributed by atoms with Crippen LogP contribution < -0.4 is 0 Å². The number of amides is 1.